The van der Waals surface area contributed by atoms with Crippen molar-refractivity contribution in [2.24, 2.45) is 0 Å². The maximum absolute atomic E-state index is 12.2. The molecule has 7 nitrogen and oxygen atoms in total. The minimum absolute atomic E-state index is 0.0144. The normalized spacial score (nSPS) is 14.4. The predicted octanol–water partition coefficient (Wildman–Crippen LogP) is 5.39. The smallest absolute Gasteiger partial charge is 0.338 e. The SMILES string of the molecule is O=C(/C=C/c1ccc(Cl)c([N+](=O)[O-])c1)Nc1ccc(C(=O)OC2CCCCC2)cc1. The number of anilines is 1. The van der Waals surface area contributed by atoms with E-state index in [-0.39, 0.29) is 22.8 Å². The largest absolute Gasteiger partial charge is 0.459 e. The third kappa shape index (κ3) is 5.90. The maximum Gasteiger partial charge on any atom is 0.338 e. The lowest BCUT2D eigenvalue weighted by molar-refractivity contribution is -0.384. The van der Waals surface area contributed by atoms with E-state index in [4.69, 9.17) is 16.3 Å². The molecule has 0 spiro atoms. The number of nitro groups is 1. The van der Waals surface area contributed by atoms with Gasteiger partial charge in [-0.3, -0.25) is 14.9 Å². The van der Waals surface area contributed by atoms with Gasteiger partial charge >= 0.3 is 5.97 Å². The Morgan fingerprint density at radius 1 is 1.10 bits per heavy atom. The Balaban J connectivity index is 1.56. The highest BCUT2D eigenvalue weighted by Crippen LogP contribution is 2.25. The highest BCUT2D eigenvalue weighted by molar-refractivity contribution is 6.32. The summed E-state index contributed by atoms with van der Waals surface area (Å²) in [5, 5.41) is 13.6. The molecule has 1 aliphatic rings. The standard InChI is InChI=1S/C22H21ClN2O5/c23-19-12-6-15(14-20(19)25(28)29)7-13-21(26)24-17-10-8-16(9-11-17)22(27)30-18-4-2-1-3-5-18/h6-14,18H,1-5H2,(H,24,26)/b13-7+. The Hall–Kier alpha value is -3.19. The Bertz CT molecular complexity index is 966. The van der Waals surface area contributed by atoms with E-state index in [1.165, 1.54) is 30.7 Å². The summed E-state index contributed by atoms with van der Waals surface area (Å²) in [4.78, 5) is 34.7. The van der Waals surface area contributed by atoms with Crippen LogP contribution >= 0.6 is 11.6 Å². The zero-order valence-corrected chi connectivity index (χ0v) is 16.9. The van der Waals surface area contributed by atoms with Crippen LogP contribution in [0.3, 0.4) is 0 Å². The molecule has 3 rings (SSSR count). The number of hydrogen-bond donors (Lipinski definition) is 1. The lowest BCUT2D eigenvalue weighted by Crippen LogP contribution is -2.20. The van der Waals surface area contributed by atoms with Gasteiger partial charge < -0.3 is 10.1 Å². The number of nitrogens with one attached hydrogen (secondary N) is 1. The van der Waals surface area contributed by atoms with E-state index in [1.54, 1.807) is 30.3 Å². The number of carbonyl (C=O) groups is 2. The molecule has 0 heterocycles. The zero-order chi connectivity index (χ0) is 21.5. The molecule has 2 aromatic carbocycles. The number of halogens is 1. The van der Waals surface area contributed by atoms with E-state index in [1.807, 2.05) is 0 Å². The summed E-state index contributed by atoms with van der Waals surface area (Å²) in [5.74, 6) is -0.769. The maximum atomic E-state index is 12.2. The number of rotatable bonds is 6. The fraction of sp³-hybridized carbons (Fsp3) is 0.273. The van der Waals surface area contributed by atoms with Gasteiger partial charge in [0.15, 0.2) is 0 Å². The van der Waals surface area contributed by atoms with E-state index >= 15 is 0 Å². The second kappa shape index (κ2) is 10.0. The first-order chi connectivity index (χ1) is 14.4. The summed E-state index contributed by atoms with van der Waals surface area (Å²) in [5.41, 5.74) is 1.19. The van der Waals surface area contributed by atoms with E-state index < -0.39 is 10.8 Å². The Labute approximate surface area is 178 Å². The van der Waals surface area contributed by atoms with Gasteiger partial charge in [-0.15, -0.1) is 0 Å². The third-order valence-corrected chi connectivity index (χ3v) is 5.13. The molecule has 2 aromatic rings. The molecular formula is C22H21ClN2O5. The molecule has 0 aromatic heterocycles. The van der Waals surface area contributed by atoms with Crippen LogP contribution in [-0.2, 0) is 9.53 Å². The molecule has 0 atom stereocenters. The van der Waals surface area contributed by atoms with Gasteiger partial charge in [-0.05, 0) is 67.7 Å². The first-order valence-corrected chi connectivity index (χ1v) is 10.0. The molecule has 0 saturated heterocycles. The molecule has 0 radical (unpaired) electrons. The molecule has 1 amide bonds. The molecule has 1 N–H and O–H groups in total. The van der Waals surface area contributed by atoms with Crippen molar-refractivity contribution in [3.63, 3.8) is 0 Å². The first kappa shape index (κ1) is 21.5. The number of nitrogens with zero attached hydrogens (tertiary/aromatic N) is 1. The average molecular weight is 429 g/mol. The van der Waals surface area contributed by atoms with E-state index in [2.05, 4.69) is 5.32 Å². The van der Waals surface area contributed by atoms with Crippen molar-refractivity contribution in [2.75, 3.05) is 5.32 Å². The number of amides is 1. The summed E-state index contributed by atoms with van der Waals surface area (Å²) in [6.45, 7) is 0. The third-order valence-electron chi connectivity index (χ3n) is 4.81. The minimum atomic E-state index is -0.583. The van der Waals surface area contributed by atoms with Crippen molar-refractivity contribution in [2.45, 2.75) is 38.2 Å². The molecule has 156 valence electrons. The summed E-state index contributed by atoms with van der Waals surface area (Å²) in [7, 11) is 0. The second-order valence-corrected chi connectivity index (χ2v) is 7.44. The first-order valence-electron chi connectivity index (χ1n) is 9.66. The van der Waals surface area contributed by atoms with Crippen molar-refractivity contribution >= 4 is 40.9 Å². The highest BCUT2D eigenvalue weighted by Gasteiger charge is 2.18. The van der Waals surface area contributed by atoms with Gasteiger partial charge in [0.05, 0.1) is 10.5 Å². The Morgan fingerprint density at radius 2 is 1.80 bits per heavy atom. The predicted molar refractivity (Wildman–Crippen MR) is 115 cm³/mol. The van der Waals surface area contributed by atoms with Crippen LogP contribution in [0.2, 0.25) is 5.02 Å². The number of benzene rings is 2. The summed E-state index contributed by atoms with van der Waals surface area (Å²) in [6.07, 6.45) is 7.86. The lowest BCUT2D eigenvalue weighted by atomic mass is 9.98. The summed E-state index contributed by atoms with van der Waals surface area (Å²) >= 11 is 5.77. The van der Waals surface area contributed by atoms with Crippen LogP contribution in [0.5, 0.6) is 0 Å². The van der Waals surface area contributed by atoms with Crippen LogP contribution in [0.15, 0.2) is 48.5 Å². The van der Waals surface area contributed by atoms with Crippen LogP contribution in [0.25, 0.3) is 6.08 Å². The van der Waals surface area contributed by atoms with Crippen molar-refractivity contribution in [1.29, 1.82) is 0 Å². The fourth-order valence-corrected chi connectivity index (χ4v) is 3.41. The quantitative estimate of drug-likeness (QED) is 0.288. The molecule has 0 bridgehead atoms. The van der Waals surface area contributed by atoms with Crippen LogP contribution in [0.4, 0.5) is 11.4 Å². The topological polar surface area (TPSA) is 98.5 Å². The van der Waals surface area contributed by atoms with Gasteiger partial charge in [-0.1, -0.05) is 24.1 Å². The molecule has 0 unspecified atom stereocenters. The van der Waals surface area contributed by atoms with Crippen LogP contribution in [0.1, 0.15) is 48.0 Å². The van der Waals surface area contributed by atoms with Crippen molar-refractivity contribution < 1.29 is 19.2 Å². The number of nitro benzene ring substituents is 1. The molecule has 1 saturated carbocycles. The molecular weight excluding hydrogens is 408 g/mol. The van der Waals surface area contributed by atoms with Gasteiger partial charge in [0.1, 0.15) is 11.1 Å². The fourth-order valence-electron chi connectivity index (χ4n) is 3.22. The highest BCUT2D eigenvalue weighted by atomic mass is 35.5. The molecule has 30 heavy (non-hydrogen) atoms. The van der Waals surface area contributed by atoms with Crippen molar-refractivity contribution in [3.05, 3.63) is 74.8 Å². The van der Waals surface area contributed by atoms with Gasteiger partial charge in [-0.25, -0.2) is 4.79 Å². The summed E-state index contributed by atoms with van der Waals surface area (Å²) < 4.78 is 5.53. The number of hydrogen-bond acceptors (Lipinski definition) is 5. The zero-order valence-electron chi connectivity index (χ0n) is 16.2. The van der Waals surface area contributed by atoms with Gasteiger partial charge in [-0.2, -0.15) is 0 Å². The minimum Gasteiger partial charge on any atom is -0.459 e. The number of esters is 1. The van der Waals surface area contributed by atoms with Gasteiger partial charge in [0, 0.05) is 17.8 Å². The van der Waals surface area contributed by atoms with Crippen LogP contribution < -0.4 is 5.32 Å². The van der Waals surface area contributed by atoms with Crippen molar-refractivity contribution in [3.8, 4) is 0 Å². The van der Waals surface area contributed by atoms with E-state index in [9.17, 15) is 19.7 Å². The van der Waals surface area contributed by atoms with E-state index in [0.29, 0.717) is 16.8 Å². The molecule has 8 heteroatoms. The lowest BCUT2D eigenvalue weighted by Gasteiger charge is -2.21. The number of ether oxygens (including phenoxy) is 1. The molecule has 1 aliphatic carbocycles. The van der Waals surface area contributed by atoms with Crippen LogP contribution in [0, 0.1) is 10.1 Å². The van der Waals surface area contributed by atoms with Gasteiger partial charge in [0.2, 0.25) is 5.91 Å². The monoisotopic (exact) mass is 428 g/mol. The molecule has 0 aliphatic heterocycles. The molecule has 1 fully saturated rings. The van der Waals surface area contributed by atoms with E-state index in [0.717, 1.165) is 25.7 Å². The van der Waals surface area contributed by atoms with Gasteiger partial charge in [0.25, 0.3) is 5.69 Å². The van der Waals surface area contributed by atoms with Crippen molar-refractivity contribution in [1.82, 2.24) is 0 Å². The number of carbonyl (C=O) groups excluding carboxylic acids is 2. The van der Waals surface area contributed by atoms with Crippen LogP contribution in [-0.4, -0.2) is 22.9 Å². The summed E-state index contributed by atoms with van der Waals surface area (Å²) in [6, 6.07) is 10.7. The second-order valence-electron chi connectivity index (χ2n) is 7.03. The Morgan fingerprint density at radius 3 is 2.47 bits per heavy atom. The average Bonchev–Trinajstić information content (AvgIpc) is 2.74. The Kier molecular flexibility index (Phi) is 7.19.